The van der Waals surface area contributed by atoms with E-state index in [-0.39, 0.29) is 17.9 Å². The Morgan fingerprint density at radius 3 is 2.44 bits per heavy atom. The molecule has 2 aromatic carbocycles. The van der Waals surface area contributed by atoms with Crippen molar-refractivity contribution < 1.29 is 17.9 Å². The predicted molar refractivity (Wildman–Crippen MR) is 64.8 cm³/mol. The van der Waals surface area contributed by atoms with Crippen molar-refractivity contribution in [1.82, 2.24) is 0 Å². The van der Waals surface area contributed by atoms with Crippen LogP contribution in [-0.4, -0.2) is 0 Å². The van der Waals surface area contributed by atoms with Crippen LogP contribution in [0.25, 0.3) is 0 Å². The highest BCUT2D eigenvalue weighted by molar-refractivity contribution is 9.10. The Bertz CT molecular complexity index is 572. The fraction of sp³-hybridized carbons (Fsp3) is 0.0769. The summed E-state index contributed by atoms with van der Waals surface area (Å²) in [6.45, 7) is -0.162. The molecule has 0 bridgehead atoms. The molecule has 0 radical (unpaired) electrons. The van der Waals surface area contributed by atoms with E-state index in [0.29, 0.717) is 4.47 Å². The number of rotatable bonds is 3. The van der Waals surface area contributed by atoms with Crippen molar-refractivity contribution in [3.05, 3.63) is 63.9 Å². The maximum Gasteiger partial charge on any atom is 0.141 e. The molecule has 0 aliphatic rings. The van der Waals surface area contributed by atoms with Gasteiger partial charge in [-0.15, -0.1) is 0 Å². The molecule has 0 aromatic heterocycles. The molecule has 0 fully saturated rings. The van der Waals surface area contributed by atoms with E-state index in [1.807, 2.05) is 0 Å². The summed E-state index contributed by atoms with van der Waals surface area (Å²) < 4.78 is 44.9. The Kier molecular flexibility index (Phi) is 3.91. The summed E-state index contributed by atoms with van der Waals surface area (Å²) in [6, 6.07) is 7.27. The van der Waals surface area contributed by atoms with Gasteiger partial charge in [0.15, 0.2) is 0 Å². The summed E-state index contributed by atoms with van der Waals surface area (Å²) >= 11 is 3.01. The van der Waals surface area contributed by atoms with Crippen LogP contribution in [0.4, 0.5) is 13.2 Å². The standard InChI is InChI=1S/C13H8BrF3O/c14-11-3-2-10(6-13(11)17)18-7-8-5-9(15)1-4-12(8)16/h1-6H,7H2. The molecule has 2 aromatic rings. The van der Waals surface area contributed by atoms with E-state index < -0.39 is 17.5 Å². The van der Waals surface area contributed by atoms with Gasteiger partial charge in [0.05, 0.1) is 4.47 Å². The maximum absolute atomic E-state index is 13.3. The Morgan fingerprint density at radius 2 is 1.72 bits per heavy atom. The van der Waals surface area contributed by atoms with E-state index in [4.69, 9.17) is 4.74 Å². The molecule has 0 spiro atoms. The minimum absolute atomic E-state index is 0.0818. The van der Waals surface area contributed by atoms with Gasteiger partial charge in [-0.1, -0.05) is 0 Å². The normalized spacial score (nSPS) is 10.4. The lowest BCUT2D eigenvalue weighted by molar-refractivity contribution is 0.297. The first-order valence-corrected chi connectivity index (χ1v) is 5.87. The smallest absolute Gasteiger partial charge is 0.141 e. The number of hydrogen-bond acceptors (Lipinski definition) is 1. The predicted octanol–water partition coefficient (Wildman–Crippen LogP) is 4.45. The number of halogens is 4. The number of ether oxygens (including phenoxy) is 1. The van der Waals surface area contributed by atoms with E-state index in [2.05, 4.69) is 15.9 Å². The van der Waals surface area contributed by atoms with Gasteiger partial charge in [0.1, 0.15) is 29.8 Å². The van der Waals surface area contributed by atoms with Gasteiger partial charge in [-0.05, 0) is 46.3 Å². The first kappa shape index (κ1) is 13.0. The van der Waals surface area contributed by atoms with Crippen LogP contribution in [0, 0.1) is 17.5 Å². The molecular weight excluding hydrogens is 309 g/mol. The summed E-state index contributed by atoms with van der Waals surface area (Å²) in [5.41, 5.74) is 0.0818. The fourth-order valence-corrected chi connectivity index (χ4v) is 1.63. The van der Waals surface area contributed by atoms with Gasteiger partial charge in [0, 0.05) is 11.6 Å². The van der Waals surface area contributed by atoms with Crippen LogP contribution in [0.15, 0.2) is 40.9 Å². The minimum Gasteiger partial charge on any atom is -0.489 e. The Labute approximate surface area is 110 Å². The van der Waals surface area contributed by atoms with E-state index in [9.17, 15) is 13.2 Å². The average Bonchev–Trinajstić information content (AvgIpc) is 2.34. The van der Waals surface area contributed by atoms with E-state index in [0.717, 1.165) is 18.2 Å². The van der Waals surface area contributed by atoms with Gasteiger partial charge in [-0.25, -0.2) is 13.2 Å². The molecular formula is C13H8BrF3O. The van der Waals surface area contributed by atoms with Crippen LogP contribution in [0.2, 0.25) is 0 Å². The van der Waals surface area contributed by atoms with Crippen molar-refractivity contribution in [2.45, 2.75) is 6.61 Å². The van der Waals surface area contributed by atoms with Crippen LogP contribution in [0.1, 0.15) is 5.56 Å². The van der Waals surface area contributed by atoms with Crippen molar-refractivity contribution in [3.8, 4) is 5.75 Å². The lowest BCUT2D eigenvalue weighted by Gasteiger charge is -2.07. The van der Waals surface area contributed by atoms with Gasteiger partial charge in [-0.3, -0.25) is 0 Å². The van der Waals surface area contributed by atoms with Crippen molar-refractivity contribution >= 4 is 15.9 Å². The largest absolute Gasteiger partial charge is 0.489 e. The van der Waals surface area contributed by atoms with Crippen LogP contribution >= 0.6 is 15.9 Å². The summed E-state index contributed by atoms with van der Waals surface area (Å²) in [4.78, 5) is 0. The van der Waals surface area contributed by atoms with E-state index >= 15 is 0 Å². The summed E-state index contributed by atoms with van der Waals surface area (Å²) in [5.74, 6) is -1.34. The summed E-state index contributed by atoms with van der Waals surface area (Å²) in [6.07, 6.45) is 0. The van der Waals surface area contributed by atoms with Crippen molar-refractivity contribution in [2.24, 2.45) is 0 Å². The molecule has 5 heteroatoms. The van der Waals surface area contributed by atoms with Gasteiger partial charge in [-0.2, -0.15) is 0 Å². The third-order valence-electron chi connectivity index (χ3n) is 2.29. The maximum atomic E-state index is 13.3. The second-order valence-corrected chi connectivity index (χ2v) is 4.45. The fourth-order valence-electron chi connectivity index (χ4n) is 1.38. The van der Waals surface area contributed by atoms with Gasteiger partial charge in [0.2, 0.25) is 0 Å². The molecule has 0 aliphatic carbocycles. The third kappa shape index (κ3) is 3.04. The third-order valence-corrected chi connectivity index (χ3v) is 2.94. The minimum atomic E-state index is -0.561. The van der Waals surface area contributed by atoms with Gasteiger partial charge < -0.3 is 4.74 Å². The zero-order chi connectivity index (χ0) is 13.1. The van der Waals surface area contributed by atoms with Gasteiger partial charge in [0.25, 0.3) is 0 Å². The lowest BCUT2D eigenvalue weighted by atomic mass is 10.2. The van der Waals surface area contributed by atoms with Crippen molar-refractivity contribution in [3.63, 3.8) is 0 Å². The molecule has 0 amide bonds. The first-order chi connectivity index (χ1) is 8.56. The highest BCUT2D eigenvalue weighted by Crippen LogP contribution is 2.22. The SMILES string of the molecule is Fc1ccc(F)c(COc2ccc(Br)c(F)c2)c1. The number of benzene rings is 2. The molecule has 18 heavy (non-hydrogen) atoms. The van der Waals surface area contributed by atoms with Crippen LogP contribution in [0.5, 0.6) is 5.75 Å². The Balaban J connectivity index is 2.11. The van der Waals surface area contributed by atoms with Crippen LogP contribution < -0.4 is 4.74 Å². The quantitative estimate of drug-likeness (QED) is 0.813. The molecule has 0 unspecified atom stereocenters. The van der Waals surface area contributed by atoms with Crippen LogP contribution in [-0.2, 0) is 6.61 Å². The molecule has 0 aliphatic heterocycles. The Hall–Kier alpha value is -1.49. The average molecular weight is 317 g/mol. The monoisotopic (exact) mass is 316 g/mol. The van der Waals surface area contributed by atoms with Crippen molar-refractivity contribution in [1.29, 1.82) is 0 Å². The molecule has 1 nitrogen and oxygen atoms in total. The first-order valence-electron chi connectivity index (χ1n) is 5.08. The second kappa shape index (κ2) is 5.44. The summed E-state index contributed by atoms with van der Waals surface area (Å²) in [7, 11) is 0. The van der Waals surface area contributed by atoms with Gasteiger partial charge >= 0.3 is 0 Å². The van der Waals surface area contributed by atoms with E-state index in [1.165, 1.54) is 18.2 Å². The molecule has 0 saturated carbocycles. The molecule has 0 saturated heterocycles. The highest BCUT2D eigenvalue weighted by atomic mass is 79.9. The number of hydrogen-bond donors (Lipinski definition) is 0. The Morgan fingerprint density at radius 1 is 0.944 bits per heavy atom. The lowest BCUT2D eigenvalue weighted by Crippen LogP contribution is -1.99. The second-order valence-electron chi connectivity index (χ2n) is 3.60. The van der Waals surface area contributed by atoms with E-state index in [1.54, 1.807) is 0 Å². The zero-order valence-corrected chi connectivity index (χ0v) is 10.7. The zero-order valence-electron chi connectivity index (χ0n) is 9.09. The molecule has 0 N–H and O–H groups in total. The highest BCUT2D eigenvalue weighted by Gasteiger charge is 2.06. The molecule has 0 atom stereocenters. The van der Waals surface area contributed by atoms with Crippen molar-refractivity contribution in [2.75, 3.05) is 0 Å². The molecule has 94 valence electrons. The van der Waals surface area contributed by atoms with Crippen LogP contribution in [0.3, 0.4) is 0 Å². The summed E-state index contributed by atoms with van der Waals surface area (Å²) in [5, 5.41) is 0. The molecule has 0 heterocycles. The molecule has 2 rings (SSSR count). The topological polar surface area (TPSA) is 9.23 Å².